The number of aromatic nitrogens is 5. The molecule has 3 heterocycles. The summed E-state index contributed by atoms with van der Waals surface area (Å²) in [5.41, 5.74) is 2.11. The van der Waals surface area contributed by atoms with Crippen molar-refractivity contribution < 1.29 is 4.52 Å². The van der Waals surface area contributed by atoms with E-state index in [0.717, 1.165) is 11.3 Å². The molecule has 4 aromatic rings. The highest BCUT2D eigenvalue weighted by molar-refractivity contribution is 5.57. The van der Waals surface area contributed by atoms with E-state index in [1.54, 1.807) is 30.1 Å². The largest absolute Gasteiger partial charge is 0.332 e. The molecule has 0 saturated carbocycles. The maximum Gasteiger partial charge on any atom is 0.274 e. The van der Waals surface area contributed by atoms with Crippen LogP contribution in [0.1, 0.15) is 0 Å². The van der Waals surface area contributed by atoms with Crippen molar-refractivity contribution in [1.29, 1.82) is 0 Å². The third kappa shape index (κ3) is 2.41. The summed E-state index contributed by atoms with van der Waals surface area (Å²) in [6.45, 7) is 0. The summed E-state index contributed by atoms with van der Waals surface area (Å²) in [5, 5.41) is 8.30. The van der Waals surface area contributed by atoms with Gasteiger partial charge in [0.05, 0.1) is 17.4 Å². The predicted molar refractivity (Wildman–Crippen MR) is 87.5 cm³/mol. The van der Waals surface area contributed by atoms with Gasteiger partial charge in [0.25, 0.3) is 11.4 Å². The van der Waals surface area contributed by atoms with Crippen LogP contribution in [0.25, 0.3) is 28.7 Å². The van der Waals surface area contributed by atoms with Gasteiger partial charge in [-0.1, -0.05) is 29.4 Å². The van der Waals surface area contributed by atoms with Crippen molar-refractivity contribution in [3.8, 4) is 28.7 Å². The summed E-state index contributed by atoms with van der Waals surface area (Å²) >= 11 is 0. The quantitative estimate of drug-likeness (QED) is 0.579. The van der Waals surface area contributed by atoms with E-state index in [1.165, 1.54) is 10.6 Å². The normalized spacial score (nSPS) is 10.9. The molecule has 0 aliphatic carbocycles. The average Bonchev–Trinajstić information content (AvgIpc) is 3.27. The average molecular weight is 319 g/mol. The Hall–Kier alpha value is -3.48. The molecule has 24 heavy (non-hydrogen) atoms. The van der Waals surface area contributed by atoms with E-state index in [-0.39, 0.29) is 11.4 Å². The van der Waals surface area contributed by atoms with Crippen LogP contribution in [0.3, 0.4) is 0 Å². The van der Waals surface area contributed by atoms with Crippen LogP contribution in [0, 0.1) is 0 Å². The van der Waals surface area contributed by atoms with Crippen LogP contribution >= 0.6 is 0 Å². The Balaban J connectivity index is 1.70. The number of hydrogen-bond acceptors (Lipinski definition) is 5. The van der Waals surface area contributed by atoms with E-state index >= 15 is 0 Å². The first-order valence-corrected chi connectivity index (χ1v) is 7.33. The Morgan fingerprint density at radius 3 is 2.71 bits per heavy atom. The Labute approximate surface area is 136 Å². The van der Waals surface area contributed by atoms with Crippen molar-refractivity contribution in [3.63, 3.8) is 0 Å². The van der Waals surface area contributed by atoms with Gasteiger partial charge in [0.15, 0.2) is 0 Å². The fraction of sp³-hybridized carbons (Fsp3) is 0.0588. The fourth-order valence-electron chi connectivity index (χ4n) is 2.38. The minimum Gasteiger partial charge on any atom is -0.332 e. The molecule has 0 atom stereocenters. The maximum atomic E-state index is 11.7. The van der Waals surface area contributed by atoms with E-state index in [2.05, 4.69) is 15.2 Å². The highest BCUT2D eigenvalue weighted by Gasteiger charge is 2.14. The summed E-state index contributed by atoms with van der Waals surface area (Å²) < 4.78 is 8.50. The number of nitrogens with zero attached hydrogens (tertiary/aromatic N) is 5. The second kappa shape index (κ2) is 5.62. The summed E-state index contributed by atoms with van der Waals surface area (Å²) in [4.78, 5) is 16.1. The molecule has 0 saturated heterocycles. The molecule has 118 valence electrons. The monoisotopic (exact) mass is 319 g/mol. The summed E-state index contributed by atoms with van der Waals surface area (Å²) in [7, 11) is 1.66. The Morgan fingerprint density at radius 1 is 1.04 bits per heavy atom. The van der Waals surface area contributed by atoms with Gasteiger partial charge in [0.1, 0.15) is 5.69 Å². The zero-order valence-electron chi connectivity index (χ0n) is 12.8. The lowest BCUT2D eigenvalue weighted by Crippen LogP contribution is -2.16. The number of benzene rings is 1. The zero-order chi connectivity index (χ0) is 16.5. The lowest BCUT2D eigenvalue weighted by atomic mass is 10.3. The summed E-state index contributed by atoms with van der Waals surface area (Å²) in [6.07, 6.45) is 3.50. The lowest BCUT2D eigenvalue weighted by molar-refractivity contribution is 0.429. The molecule has 0 N–H and O–H groups in total. The van der Waals surface area contributed by atoms with Crippen LogP contribution in [-0.4, -0.2) is 24.5 Å². The van der Waals surface area contributed by atoms with Crippen molar-refractivity contribution in [1.82, 2.24) is 24.5 Å². The first-order valence-electron chi connectivity index (χ1n) is 7.33. The molecule has 4 rings (SSSR count). The second-order valence-corrected chi connectivity index (χ2v) is 5.24. The topological polar surface area (TPSA) is 78.7 Å². The van der Waals surface area contributed by atoms with Gasteiger partial charge in [-0.15, -0.1) is 0 Å². The van der Waals surface area contributed by atoms with E-state index in [1.807, 2.05) is 36.5 Å². The fourth-order valence-corrected chi connectivity index (χ4v) is 2.38. The molecule has 0 fully saturated rings. The minimum absolute atomic E-state index is 0.135. The minimum atomic E-state index is -0.135. The van der Waals surface area contributed by atoms with Crippen LogP contribution in [-0.2, 0) is 7.05 Å². The Bertz CT molecular complexity index is 1050. The van der Waals surface area contributed by atoms with Crippen LogP contribution in [0.4, 0.5) is 0 Å². The van der Waals surface area contributed by atoms with Crippen molar-refractivity contribution in [2.45, 2.75) is 0 Å². The highest BCUT2D eigenvalue weighted by atomic mass is 16.5. The SMILES string of the molecule is Cn1c(-c2nc(-c3cnn(-c4ccccc4)c3)no2)cccc1=O. The van der Waals surface area contributed by atoms with Gasteiger partial charge >= 0.3 is 0 Å². The first kappa shape index (κ1) is 14.1. The molecule has 0 radical (unpaired) electrons. The van der Waals surface area contributed by atoms with Crippen LogP contribution in [0.15, 0.2) is 70.2 Å². The van der Waals surface area contributed by atoms with Gasteiger partial charge in [-0.25, -0.2) is 4.68 Å². The van der Waals surface area contributed by atoms with Gasteiger partial charge in [-0.3, -0.25) is 4.79 Å². The van der Waals surface area contributed by atoms with Gasteiger partial charge in [0, 0.05) is 19.3 Å². The van der Waals surface area contributed by atoms with Crippen LogP contribution in [0.2, 0.25) is 0 Å². The number of rotatable bonds is 3. The van der Waals surface area contributed by atoms with Gasteiger partial charge in [-0.05, 0) is 18.2 Å². The molecule has 0 spiro atoms. The molecule has 0 aliphatic heterocycles. The lowest BCUT2D eigenvalue weighted by Gasteiger charge is -2.01. The highest BCUT2D eigenvalue weighted by Crippen LogP contribution is 2.21. The van der Waals surface area contributed by atoms with E-state index in [0.29, 0.717) is 11.5 Å². The molecular formula is C17H13N5O2. The molecule has 0 unspecified atom stereocenters. The first-order chi connectivity index (χ1) is 11.7. The molecule has 0 bridgehead atoms. The van der Waals surface area contributed by atoms with Gasteiger partial charge in [0.2, 0.25) is 5.82 Å². The van der Waals surface area contributed by atoms with Crippen LogP contribution in [0.5, 0.6) is 0 Å². The van der Waals surface area contributed by atoms with Crippen LogP contribution < -0.4 is 5.56 Å². The van der Waals surface area contributed by atoms with E-state index in [9.17, 15) is 4.79 Å². The smallest absolute Gasteiger partial charge is 0.274 e. The molecule has 7 heteroatoms. The number of para-hydroxylation sites is 1. The standard InChI is InChI=1S/C17H13N5O2/c1-21-14(8-5-9-15(21)23)17-19-16(20-24-17)12-10-18-22(11-12)13-6-3-2-4-7-13/h2-11H,1H3. The molecular weight excluding hydrogens is 306 g/mol. The van der Waals surface area contributed by atoms with Crippen molar-refractivity contribution >= 4 is 0 Å². The zero-order valence-corrected chi connectivity index (χ0v) is 12.8. The molecule has 7 nitrogen and oxygen atoms in total. The summed E-state index contributed by atoms with van der Waals surface area (Å²) in [5.74, 6) is 0.709. The second-order valence-electron chi connectivity index (χ2n) is 5.24. The predicted octanol–water partition coefficient (Wildman–Crippen LogP) is 2.29. The third-order valence-corrected chi connectivity index (χ3v) is 3.69. The number of hydrogen-bond donors (Lipinski definition) is 0. The molecule has 0 aliphatic rings. The van der Waals surface area contributed by atoms with Crippen molar-refractivity contribution in [2.24, 2.45) is 7.05 Å². The number of pyridine rings is 1. The Kier molecular flexibility index (Phi) is 3.31. The van der Waals surface area contributed by atoms with E-state index < -0.39 is 0 Å². The van der Waals surface area contributed by atoms with Gasteiger partial charge in [-0.2, -0.15) is 10.1 Å². The molecule has 3 aromatic heterocycles. The van der Waals surface area contributed by atoms with Crippen molar-refractivity contribution in [3.05, 3.63) is 71.3 Å². The molecule has 1 aromatic carbocycles. The summed E-state index contributed by atoms with van der Waals surface area (Å²) in [6, 6.07) is 14.6. The van der Waals surface area contributed by atoms with E-state index in [4.69, 9.17) is 4.52 Å². The maximum absolute atomic E-state index is 11.7. The molecule has 0 amide bonds. The van der Waals surface area contributed by atoms with Crippen molar-refractivity contribution in [2.75, 3.05) is 0 Å². The third-order valence-electron chi connectivity index (χ3n) is 3.69. The Morgan fingerprint density at radius 2 is 1.88 bits per heavy atom. The van der Waals surface area contributed by atoms with Gasteiger partial charge < -0.3 is 9.09 Å².